The maximum atomic E-state index is 10.8. The monoisotopic (exact) mass is 257 g/mol. The van der Waals surface area contributed by atoms with E-state index >= 15 is 0 Å². The number of carboxylic acids is 1. The third-order valence-electron chi connectivity index (χ3n) is 3.11. The van der Waals surface area contributed by atoms with E-state index in [0.717, 1.165) is 11.1 Å². The molecule has 3 rings (SSSR count). The van der Waals surface area contributed by atoms with Crippen LogP contribution in [0.4, 0.5) is 0 Å². The maximum Gasteiger partial charge on any atom is 0.353 e. The van der Waals surface area contributed by atoms with E-state index in [2.05, 4.69) is 10.2 Å². The Kier molecular flexibility index (Phi) is 2.31. The number of phenolic OH excluding ortho intramolecular Hbond substituents is 1. The molecule has 1 aromatic carbocycles. The van der Waals surface area contributed by atoms with Gasteiger partial charge in [0.1, 0.15) is 17.1 Å². The lowest BCUT2D eigenvalue weighted by atomic mass is 10.2. The number of benzene rings is 1. The van der Waals surface area contributed by atoms with Crippen molar-refractivity contribution >= 4 is 16.9 Å². The number of carboxylic acid groups (broad SMARTS) is 1. The van der Waals surface area contributed by atoms with Gasteiger partial charge in [-0.1, -0.05) is 12.1 Å². The van der Waals surface area contributed by atoms with Crippen LogP contribution in [-0.2, 0) is 7.05 Å². The van der Waals surface area contributed by atoms with E-state index in [0.29, 0.717) is 11.2 Å². The number of para-hydroxylation sites is 1. The number of carbonyl (C=O) groups is 1. The van der Waals surface area contributed by atoms with Crippen LogP contribution in [0.2, 0.25) is 0 Å². The standard InChI is InChI=1S/C13H11N3O3/c1-16-10(8-6-9(13(18)19)15-14-8)5-7-3-2-4-11(17)12(7)16/h2-6,17H,1H3,(H,14,15)(H,18,19). The number of hydrogen-bond donors (Lipinski definition) is 3. The summed E-state index contributed by atoms with van der Waals surface area (Å²) in [5.74, 6) is -0.874. The van der Waals surface area contributed by atoms with Gasteiger partial charge in [0.15, 0.2) is 0 Å². The Morgan fingerprint density at radius 2 is 2.16 bits per heavy atom. The molecule has 0 saturated heterocycles. The van der Waals surface area contributed by atoms with Gasteiger partial charge in [-0.15, -0.1) is 0 Å². The Hall–Kier alpha value is -2.76. The molecule has 19 heavy (non-hydrogen) atoms. The summed E-state index contributed by atoms with van der Waals surface area (Å²) in [6.45, 7) is 0. The number of aryl methyl sites for hydroxylation is 1. The van der Waals surface area contributed by atoms with Gasteiger partial charge in [-0.25, -0.2) is 4.79 Å². The topological polar surface area (TPSA) is 91.1 Å². The molecule has 0 aliphatic rings. The molecular formula is C13H11N3O3. The van der Waals surface area contributed by atoms with Crippen LogP contribution in [0, 0.1) is 0 Å². The number of aromatic nitrogens is 3. The van der Waals surface area contributed by atoms with Gasteiger partial charge < -0.3 is 14.8 Å². The lowest BCUT2D eigenvalue weighted by molar-refractivity contribution is 0.0690. The molecule has 0 spiro atoms. The van der Waals surface area contributed by atoms with E-state index in [-0.39, 0.29) is 11.4 Å². The van der Waals surface area contributed by atoms with Gasteiger partial charge in [0, 0.05) is 18.5 Å². The molecule has 3 N–H and O–H groups in total. The number of aromatic carboxylic acids is 1. The average molecular weight is 257 g/mol. The predicted octanol–water partition coefficient (Wildman–Crippen LogP) is 1.97. The molecule has 6 heteroatoms. The Bertz CT molecular complexity index is 786. The van der Waals surface area contributed by atoms with Gasteiger partial charge in [-0.2, -0.15) is 5.10 Å². The SMILES string of the molecule is Cn1c(-c2cc(C(=O)O)[nH]n2)cc2cccc(O)c21. The van der Waals surface area contributed by atoms with Crippen LogP contribution < -0.4 is 0 Å². The summed E-state index contributed by atoms with van der Waals surface area (Å²) in [6, 6.07) is 8.57. The Morgan fingerprint density at radius 3 is 2.79 bits per heavy atom. The summed E-state index contributed by atoms with van der Waals surface area (Å²) in [6.07, 6.45) is 0. The minimum Gasteiger partial charge on any atom is -0.506 e. The number of aromatic hydroxyl groups is 1. The van der Waals surface area contributed by atoms with Crippen LogP contribution in [0.1, 0.15) is 10.5 Å². The molecule has 0 amide bonds. The molecule has 2 heterocycles. The van der Waals surface area contributed by atoms with E-state index in [1.165, 1.54) is 6.07 Å². The molecule has 0 fully saturated rings. The molecule has 0 bridgehead atoms. The second-order valence-corrected chi connectivity index (χ2v) is 4.28. The first kappa shape index (κ1) is 11.3. The fourth-order valence-corrected chi connectivity index (χ4v) is 2.20. The lowest BCUT2D eigenvalue weighted by Crippen LogP contribution is -1.95. The van der Waals surface area contributed by atoms with Crippen LogP contribution in [-0.4, -0.2) is 30.9 Å². The summed E-state index contributed by atoms with van der Waals surface area (Å²) in [5.41, 5.74) is 1.98. The van der Waals surface area contributed by atoms with Gasteiger partial charge >= 0.3 is 5.97 Å². The molecule has 0 radical (unpaired) electrons. The normalized spacial score (nSPS) is 11.0. The van der Waals surface area contributed by atoms with Crippen molar-refractivity contribution in [2.75, 3.05) is 0 Å². The minimum atomic E-state index is -1.06. The van der Waals surface area contributed by atoms with Crippen molar-refractivity contribution < 1.29 is 15.0 Å². The minimum absolute atomic E-state index is 0.0319. The molecule has 6 nitrogen and oxygen atoms in total. The quantitative estimate of drug-likeness (QED) is 0.654. The van der Waals surface area contributed by atoms with Gasteiger partial charge in [0.05, 0.1) is 11.2 Å². The highest BCUT2D eigenvalue weighted by Crippen LogP contribution is 2.31. The number of H-pyrrole nitrogens is 1. The summed E-state index contributed by atoms with van der Waals surface area (Å²) in [5, 5.41) is 26.1. The fraction of sp³-hybridized carbons (Fsp3) is 0.0769. The first-order chi connectivity index (χ1) is 9.08. The third kappa shape index (κ3) is 1.65. The maximum absolute atomic E-state index is 10.8. The zero-order chi connectivity index (χ0) is 13.6. The first-order valence-corrected chi connectivity index (χ1v) is 5.64. The Balaban J connectivity index is 2.22. The van der Waals surface area contributed by atoms with Crippen molar-refractivity contribution in [3.05, 3.63) is 36.0 Å². The van der Waals surface area contributed by atoms with Gasteiger partial charge in [-0.3, -0.25) is 5.10 Å². The zero-order valence-corrected chi connectivity index (χ0v) is 10.1. The van der Waals surface area contributed by atoms with E-state index in [9.17, 15) is 9.90 Å². The Labute approximate surface area is 107 Å². The number of rotatable bonds is 2. The largest absolute Gasteiger partial charge is 0.506 e. The molecule has 0 aliphatic carbocycles. The number of nitrogens with zero attached hydrogens (tertiary/aromatic N) is 2. The van der Waals surface area contributed by atoms with E-state index in [1.54, 1.807) is 23.7 Å². The van der Waals surface area contributed by atoms with Crippen molar-refractivity contribution in [3.8, 4) is 17.1 Å². The number of nitrogens with one attached hydrogen (secondary N) is 1. The molecule has 96 valence electrons. The highest BCUT2D eigenvalue weighted by molar-refractivity contribution is 5.92. The molecule has 0 unspecified atom stereocenters. The molecule has 0 atom stereocenters. The number of fused-ring (bicyclic) bond motifs is 1. The molecule has 0 aliphatic heterocycles. The smallest absolute Gasteiger partial charge is 0.353 e. The van der Waals surface area contributed by atoms with Crippen molar-refractivity contribution in [2.45, 2.75) is 0 Å². The predicted molar refractivity (Wildman–Crippen MR) is 69.1 cm³/mol. The summed E-state index contributed by atoms with van der Waals surface area (Å²) in [4.78, 5) is 10.8. The highest BCUT2D eigenvalue weighted by atomic mass is 16.4. The van der Waals surface area contributed by atoms with Crippen LogP contribution in [0.25, 0.3) is 22.3 Å². The third-order valence-corrected chi connectivity index (χ3v) is 3.11. The van der Waals surface area contributed by atoms with Crippen molar-refractivity contribution in [3.63, 3.8) is 0 Å². The van der Waals surface area contributed by atoms with Crippen LogP contribution in [0.3, 0.4) is 0 Å². The van der Waals surface area contributed by atoms with Gasteiger partial charge in [-0.05, 0) is 12.1 Å². The lowest BCUT2D eigenvalue weighted by Gasteiger charge is -2.02. The van der Waals surface area contributed by atoms with Crippen LogP contribution >= 0.6 is 0 Å². The van der Waals surface area contributed by atoms with Crippen LogP contribution in [0.5, 0.6) is 5.75 Å². The summed E-state index contributed by atoms with van der Waals surface area (Å²) in [7, 11) is 1.80. The second-order valence-electron chi connectivity index (χ2n) is 4.28. The van der Waals surface area contributed by atoms with E-state index in [4.69, 9.17) is 5.11 Å². The fourth-order valence-electron chi connectivity index (χ4n) is 2.20. The Morgan fingerprint density at radius 1 is 1.37 bits per heavy atom. The van der Waals surface area contributed by atoms with Gasteiger partial charge in [0.2, 0.25) is 0 Å². The van der Waals surface area contributed by atoms with E-state index < -0.39 is 5.97 Å². The van der Waals surface area contributed by atoms with E-state index in [1.807, 2.05) is 12.1 Å². The van der Waals surface area contributed by atoms with Gasteiger partial charge in [0.25, 0.3) is 0 Å². The van der Waals surface area contributed by atoms with Crippen molar-refractivity contribution in [1.29, 1.82) is 0 Å². The van der Waals surface area contributed by atoms with Crippen molar-refractivity contribution in [2.24, 2.45) is 7.05 Å². The molecular weight excluding hydrogens is 246 g/mol. The first-order valence-electron chi connectivity index (χ1n) is 5.64. The molecule has 0 saturated carbocycles. The van der Waals surface area contributed by atoms with Crippen LogP contribution in [0.15, 0.2) is 30.3 Å². The highest BCUT2D eigenvalue weighted by Gasteiger charge is 2.15. The molecule has 3 aromatic rings. The summed E-state index contributed by atoms with van der Waals surface area (Å²) >= 11 is 0. The van der Waals surface area contributed by atoms with Crippen molar-refractivity contribution in [1.82, 2.24) is 14.8 Å². The molecule has 2 aromatic heterocycles. The number of aromatic amines is 1. The summed E-state index contributed by atoms with van der Waals surface area (Å²) < 4.78 is 1.78. The second kappa shape index (κ2) is 3.88. The average Bonchev–Trinajstić information content (AvgIpc) is 2.95. The number of phenols is 1. The number of hydrogen-bond acceptors (Lipinski definition) is 3. The zero-order valence-electron chi connectivity index (χ0n) is 10.1.